The van der Waals surface area contributed by atoms with E-state index >= 15 is 0 Å². The van der Waals surface area contributed by atoms with E-state index in [2.05, 4.69) is 17.1 Å². The molecular weight excluding hydrogens is 414 g/mol. The summed E-state index contributed by atoms with van der Waals surface area (Å²) in [7, 11) is 1.45. The van der Waals surface area contributed by atoms with Gasteiger partial charge in [-0.2, -0.15) is 0 Å². The second kappa shape index (κ2) is 9.78. The van der Waals surface area contributed by atoms with Crippen molar-refractivity contribution in [2.45, 2.75) is 19.4 Å². The van der Waals surface area contributed by atoms with Crippen LogP contribution in [-0.4, -0.2) is 52.6 Å². The van der Waals surface area contributed by atoms with Crippen LogP contribution in [0.5, 0.6) is 0 Å². The Morgan fingerprint density at radius 2 is 2.06 bits per heavy atom. The van der Waals surface area contributed by atoms with Crippen LogP contribution < -0.4 is 5.32 Å². The molecule has 9 heteroatoms. The van der Waals surface area contributed by atoms with Crippen molar-refractivity contribution in [1.29, 1.82) is 0 Å². The average Bonchev–Trinajstić information content (AvgIpc) is 3.21. The predicted octanol–water partition coefficient (Wildman–Crippen LogP) is 2.28. The number of carbonyl (C=O) groups is 3. The van der Waals surface area contributed by atoms with Gasteiger partial charge in [-0.1, -0.05) is 48.1 Å². The predicted molar refractivity (Wildman–Crippen MR) is 114 cm³/mol. The number of ether oxygens (including phenoxy) is 1. The van der Waals surface area contributed by atoms with Crippen molar-refractivity contribution in [3.63, 3.8) is 0 Å². The second-order valence-electron chi connectivity index (χ2n) is 7.08. The molecule has 1 aromatic carbocycles. The summed E-state index contributed by atoms with van der Waals surface area (Å²) in [4.78, 5) is 38.0. The van der Waals surface area contributed by atoms with Gasteiger partial charge in [-0.15, -0.1) is 0 Å². The highest BCUT2D eigenvalue weighted by Crippen LogP contribution is 2.21. The van der Waals surface area contributed by atoms with Gasteiger partial charge in [0.1, 0.15) is 24.2 Å². The molecule has 0 spiro atoms. The molecule has 2 amide bonds. The molecule has 3 rings (SSSR count). The normalized spacial score (nSPS) is 18.3. The Morgan fingerprint density at radius 1 is 1.34 bits per heavy atom. The van der Waals surface area contributed by atoms with Crippen molar-refractivity contribution < 1.29 is 28.8 Å². The highest BCUT2D eigenvalue weighted by atomic mass is 16.5. The molecule has 0 saturated carbocycles. The van der Waals surface area contributed by atoms with Gasteiger partial charge in [0.25, 0.3) is 11.8 Å². The van der Waals surface area contributed by atoms with Crippen LogP contribution in [0.3, 0.4) is 0 Å². The van der Waals surface area contributed by atoms with E-state index in [1.165, 1.54) is 30.2 Å². The van der Waals surface area contributed by atoms with Crippen LogP contribution in [0.4, 0.5) is 0 Å². The number of hydrogen-bond acceptors (Lipinski definition) is 6. The molecule has 9 nitrogen and oxygen atoms in total. The molecule has 2 N–H and O–H groups in total. The summed E-state index contributed by atoms with van der Waals surface area (Å²) >= 11 is 0. The minimum atomic E-state index is -1.15. The maximum absolute atomic E-state index is 12.9. The number of carboxylic acid groups (broad SMARTS) is 1. The van der Waals surface area contributed by atoms with Crippen molar-refractivity contribution in [3.05, 3.63) is 89.2 Å². The maximum atomic E-state index is 12.9. The monoisotopic (exact) mass is 437 g/mol. The number of nitrogens with one attached hydrogen (secondary N) is 1. The van der Waals surface area contributed by atoms with Crippen molar-refractivity contribution in [2.75, 3.05) is 13.7 Å². The lowest BCUT2D eigenvalue weighted by Crippen LogP contribution is -2.48. The van der Waals surface area contributed by atoms with E-state index in [1.54, 1.807) is 6.92 Å². The zero-order chi connectivity index (χ0) is 23.3. The number of carbonyl (C=O) groups excluding carboxylic acids is 2. The Kier molecular flexibility index (Phi) is 6.89. The van der Waals surface area contributed by atoms with Gasteiger partial charge >= 0.3 is 5.97 Å². The van der Waals surface area contributed by atoms with Crippen LogP contribution in [0, 0.1) is 0 Å². The molecule has 1 fully saturated rings. The summed E-state index contributed by atoms with van der Waals surface area (Å²) in [6.45, 7) is 5.15. The lowest BCUT2D eigenvalue weighted by molar-refractivity contribution is -0.132. The summed E-state index contributed by atoms with van der Waals surface area (Å²) in [5.41, 5.74) is 1.20. The first-order valence-corrected chi connectivity index (χ1v) is 9.81. The highest BCUT2D eigenvalue weighted by Gasteiger charge is 2.32. The third kappa shape index (κ3) is 5.12. The molecule has 0 radical (unpaired) electrons. The number of rotatable bonds is 6. The fraction of sp³-hybridized carbons (Fsp3) is 0.217. The Morgan fingerprint density at radius 3 is 2.72 bits per heavy atom. The smallest absolute Gasteiger partial charge is 0.335 e. The molecule has 0 aliphatic carbocycles. The minimum absolute atomic E-state index is 0.0274. The van der Waals surface area contributed by atoms with Gasteiger partial charge in [-0.25, -0.2) is 4.79 Å². The number of aromatic nitrogens is 1. The standard InChI is InChI=1S/C23H23N3O6/c1-4-16(23(29)30)11-20-14(2)31-13-19(22(28)26(20)3)24-21(27)18-12-17(32-25-18)10-15-8-6-5-7-9-15/h4-9,11-12,19H,2,10,13H2,1,3H3,(H,24,27)(H,29,30)/b16-4+,20-11+/t19-/m0/s1. The maximum Gasteiger partial charge on any atom is 0.335 e. The molecule has 2 aromatic rings. The first-order valence-electron chi connectivity index (χ1n) is 9.81. The second-order valence-corrected chi connectivity index (χ2v) is 7.08. The van der Waals surface area contributed by atoms with Gasteiger partial charge in [0.2, 0.25) is 0 Å². The topological polar surface area (TPSA) is 122 Å². The zero-order valence-corrected chi connectivity index (χ0v) is 17.7. The number of allylic oxidation sites excluding steroid dienone is 1. The number of benzene rings is 1. The molecule has 1 atom stereocenters. The first-order chi connectivity index (χ1) is 15.3. The van der Waals surface area contributed by atoms with E-state index in [9.17, 15) is 19.5 Å². The summed E-state index contributed by atoms with van der Waals surface area (Å²) in [5, 5.41) is 15.6. The van der Waals surface area contributed by atoms with Gasteiger partial charge < -0.3 is 24.6 Å². The molecule has 0 bridgehead atoms. The Balaban J connectivity index is 1.72. The molecule has 2 heterocycles. The van der Waals surface area contributed by atoms with Gasteiger partial charge in [0, 0.05) is 19.5 Å². The summed E-state index contributed by atoms with van der Waals surface area (Å²) < 4.78 is 10.8. The van der Waals surface area contributed by atoms with Crippen molar-refractivity contribution in [1.82, 2.24) is 15.4 Å². The Hall–Kier alpha value is -4.14. The fourth-order valence-electron chi connectivity index (χ4n) is 3.10. The molecule has 166 valence electrons. The Labute approximate surface area is 184 Å². The van der Waals surface area contributed by atoms with Gasteiger partial charge in [-0.05, 0) is 18.6 Å². The number of hydrogen-bond donors (Lipinski definition) is 2. The van der Waals surface area contributed by atoms with Crippen LogP contribution in [0.2, 0.25) is 0 Å². The summed E-state index contributed by atoms with van der Waals surface area (Å²) in [6, 6.07) is 10.1. The average molecular weight is 437 g/mol. The SMILES string of the molecule is C=C1OC[C@H](NC(=O)c2cc(Cc3ccccc3)on2)C(=O)N(C)/C1=C/C(=C\C)C(=O)O. The summed E-state index contributed by atoms with van der Waals surface area (Å²) in [6.07, 6.45) is 3.16. The number of amides is 2. The van der Waals surface area contributed by atoms with Crippen LogP contribution in [0.25, 0.3) is 0 Å². The molecule has 1 aliphatic rings. The van der Waals surface area contributed by atoms with Crippen LogP contribution in [0.1, 0.15) is 28.7 Å². The minimum Gasteiger partial charge on any atom is -0.489 e. The van der Waals surface area contributed by atoms with Crippen LogP contribution in [0.15, 0.2) is 76.7 Å². The molecule has 1 saturated heterocycles. The van der Waals surface area contributed by atoms with Crippen molar-refractivity contribution in [2.24, 2.45) is 0 Å². The van der Waals surface area contributed by atoms with E-state index in [0.717, 1.165) is 5.56 Å². The first kappa shape index (κ1) is 22.5. The van der Waals surface area contributed by atoms with Gasteiger partial charge in [-0.3, -0.25) is 9.59 Å². The number of likely N-dealkylation sites (N-methyl/N-ethyl adjacent to an activating group) is 1. The number of nitrogens with zero attached hydrogens (tertiary/aromatic N) is 2. The zero-order valence-electron chi connectivity index (χ0n) is 17.7. The van der Waals surface area contributed by atoms with Crippen LogP contribution in [-0.2, 0) is 20.7 Å². The van der Waals surface area contributed by atoms with Gasteiger partial charge in [0.05, 0.1) is 11.3 Å². The summed E-state index contributed by atoms with van der Waals surface area (Å²) in [5.74, 6) is -1.61. The van der Waals surface area contributed by atoms with E-state index in [1.807, 2.05) is 30.3 Å². The molecule has 1 aromatic heterocycles. The molecular formula is C23H23N3O6. The van der Waals surface area contributed by atoms with Gasteiger partial charge in [0.15, 0.2) is 5.69 Å². The van der Waals surface area contributed by atoms with E-state index in [0.29, 0.717) is 12.2 Å². The largest absolute Gasteiger partial charge is 0.489 e. The van der Waals surface area contributed by atoms with E-state index in [4.69, 9.17) is 9.26 Å². The lowest BCUT2D eigenvalue weighted by Gasteiger charge is -2.20. The quantitative estimate of drug-likeness (QED) is 0.665. The van der Waals surface area contributed by atoms with Crippen molar-refractivity contribution >= 4 is 17.8 Å². The molecule has 32 heavy (non-hydrogen) atoms. The van der Waals surface area contributed by atoms with Crippen LogP contribution >= 0.6 is 0 Å². The lowest BCUT2D eigenvalue weighted by atomic mass is 10.1. The third-order valence-electron chi connectivity index (χ3n) is 4.87. The van der Waals surface area contributed by atoms with Crippen molar-refractivity contribution in [3.8, 4) is 0 Å². The molecule has 0 unspecified atom stereocenters. The number of aliphatic carboxylic acids is 1. The number of carboxylic acids is 1. The molecule has 1 aliphatic heterocycles. The third-order valence-corrected chi connectivity index (χ3v) is 4.87. The fourth-order valence-corrected chi connectivity index (χ4v) is 3.10. The highest BCUT2D eigenvalue weighted by molar-refractivity contribution is 5.97. The van der Waals surface area contributed by atoms with E-state index in [-0.39, 0.29) is 29.3 Å². The van der Waals surface area contributed by atoms with E-state index < -0.39 is 23.8 Å². The Bertz CT molecular complexity index is 1100.